The Hall–Kier alpha value is -2.53. The van der Waals surface area contributed by atoms with E-state index in [0.29, 0.717) is 23.7 Å². The number of hydrogen-bond donors (Lipinski definition) is 1. The highest BCUT2D eigenvalue weighted by Crippen LogP contribution is 2.15. The summed E-state index contributed by atoms with van der Waals surface area (Å²) in [6, 6.07) is 14.7. The fourth-order valence-electron chi connectivity index (χ4n) is 2.48. The van der Waals surface area contributed by atoms with Gasteiger partial charge in [-0.1, -0.05) is 35.9 Å². The van der Waals surface area contributed by atoms with Crippen LogP contribution in [0, 0.1) is 0 Å². The number of carbonyl (C=O) groups is 2. The van der Waals surface area contributed by atoms with Gasteiger partial charge in [-0.15, -0.1) is 0 Å². The number of ether oxygens (including phenoxy) is 1. The Kier molecular flexibility index (Phi) is 7.48. The van der Waals surface area contributed by atoms with Crippen molar-refractivity contribution >= 4 is 23.5 Å². The molecule has 0 fully saturated rings. The normalized spacial score (nSPS) is 10.4. The Morgan fingerprint density at radius 1 is 1.04 bits per heavy atom. The highest BCUT2D eigenvalue weighted by Gasteiger charge is 2.09. The summed E-state index contributed by atoms with van der Waals surface area (Å²) in [6.07, 6.45) is 2.11. The maximum Gasteiger partial charge on any atom is 0.341 e. The first-order chi connectivity index (χ1) is 12.4. The van der Waals surface area contributed by atoms with Crippen LogP contribution in [0.25, 0.3) is 0 Å². The summed E-state index contributed by atoms with van der Waals surface area (Å²) >= 11 is 5.86. The van der Waals surface area contributed by atoms with Crippen LogP contribution in [0.1, 0.15) is 24.0 Å². The van der Waals surface area contributed by atoms with E-state index in [2.05, 4.69) is 0 Å². The maximum atomic E-state index is 12.3. The van der Waals surface area contributed by atoms with Crippen molar-refractivity contribution in [1.82, 2.24) is 4.90 Å². The van der Waals surface area contributed by atoms with Crippen molar-refractivity contribution in [2.24, 2.45) is 0 Å². The van der Waals surface area contributed by atoms with E-state index < -0.39 is 5.97 Å². The van der Waals surface area contributed by atoms with Crippen LogP contribution in [-0.4, -0.2) is 35.5 Å². The topological polar surface area (TPSA) is 66.8 Å². The number of halogens is 1. The number of hydrogen-bond acceptors (Lipinski definition) is 3. The number of carboxylic acids is 1. The molecule has 5 nitrogen and oxygen atoms in total. The summed E-state index contributed by atoms with van der Waals surface area (Å²) < 4.78 is 5.09. The van der Waals surface area contributed by atoms with Crippen LogP contribution < -0.4 is 4.74 Å². The first kappa shape index (κ1) is 19.8. The van der Waals surface area contributed by atoms with Gasteiger partial charge >= 0.3 is 5.97 Å². The lowest BCUT2D eigenvalue weighted by Crippen LogP contribution is -2.25. The lowest BCUT2D eigenvalue weighted by molar-refractivity contribution is -0.139. The number of benzene rings is 2. The van der Waals surface area contributed by atoms with Crippen LogP contribution in [0.3, 0.4) is 0 Å². The summed E-state index contributed by atoms with van der Waals surface area (Å²) in [6.45, 7) is 0.129. The Bertz CT molecular complexity index is 728. The fraction of sp³-hybridized carbons (Fsp3) is 0.300. The first-order valence-corrected chi connectivity index (χ1v) is 8.74. The van der Waals surface area contributed by atoms with Gasteiger partial charge in [0, 0.05) is 25.0 Å². The highest BCUT2D eigenvalue weighted by molar-refractivity contribution is 6.30. The van der Waals surface area contributed by atoms with E-state index in [-0.39, 0.29) is 12.5 Å². The van der Waals surface area contributed by atoms with Crippen LogP contribution >= 0.6 is 11.6 Å². The average molecular weight is 376 g/mol. The lowest BCUT2D eigenvalue weighted by Gasteiger charge is -2.17. The van der Waals surface area contributed by atoms with Gasteiger partial charge < -0.3 is 14.7 Å². The summed E-state index contributed by atoms with van der Waals surface area (Å²) in [7, 11) is 1.78. The molecule has 0 aliphatic carbocycles. The zero-order chi connectivity index (χ0) is 18.9. The molecule has 0 unspecified atom stereocenters. The summed E-state index contributed by atoms with van der Waals surface area (Å²) in [4.78, 5) is 24.4. The van der Waals surface area contributed by atoms with Gasteiger partial charge in [-0.25, -0.2) is 4.79 Å². The second kappa shape index (κ2) is 9.82. The molecule has 26 heavy (non-hydrogen) atoms. The third kappa shape index (κ3) is 6.76. The minimum absolute atomic E-state index is 0.0881. The third-order valence-electron chi connectivity index (χ3n) is 3.90. The third-order valence-corrected chi connectivity index (χ3v) is 4.15. The lowest BCUT2D eigenvalue weighted by atomic mass is 10.1. The summed E-state index contributed by atoms with van der Waals surface area (Å²) in [5.74, 6) is -0.434. The van der Waals surface area contributed by atoms with Gasteiger partial charge in [0.15, 0.2) is 6.61 Å². The van der Waals surface area contributed by atoms with Crippen molar-refractivity contribution in [2.75, 3.05) is 13.7 Å². The van der Waals surface area contributed by atoms with Gasteiger partial charge in [0.1, 0.15) is 5.75 Å². The highest BCUT2D eigenvalue weighted by atomic mass is 35.5. The minimum Gasteiger partial charge on any atom is -0.482 e. The molecular weight excluding hydrogens is 354 g/mol. The predicted octanol–water partition coefficient (Wildman–Crippen LogP) is 3.78. The molecule has 2 aromatic rings. The monoisotopic (exact) mass is 375 g/mol. The van der Waals surface area contributed by atoms with E-state index in [9.17, 15) is 9.59 Å². The van der Waals surface area contributed by atoms with Gasteiger partial charge in [-0.05, 0) is 48.2 Å². The zero-order valence-electron chi connectivity index (χ0n) is 14.7. The van der Waals surface area contributed by atoms with Crippen molar-refractivity contribution in [1.29, 1.82) is 0 Å². The molecule has 0 saturated heterocycles. The van der Waals surface area contributed by atoms with Crippen LogP contribution in [0.15, 0.2) is 48.5 Å². The van der Waals surface area contributed by atoms with E-state index in [1.807, 2.05) is 36.4 Å². The second-order valence-corrected chi connectivity index (χ2v) is 6.49. The molecule has 6 heteroatoms. The van der Waals surface area contributed by atoms with Crippen LogP contribution in [-0.2, 0) is 22.6 Å². The van der Waals surface area contributed by atoms with Gasteiger partial charge in [0.25, 0.3) is 0 Å². The maximum absolute atomic E-state index is 12.3. The molecule has 0 atom stereocenters. The summed E-state index contributed by atoms with van der Waals surface area (Å²) in [5.41, 5.74) is 2.13. The number of carbonyl (C=O) groups excluding carboxylic acids is 1. The molecule has 1 amide bonds. The van der Waals surface area contributed by atoms with Crippen LogP contribution in [0.4, 0.5) is 0 Å². The Morgan fingerprint density at radius 3 is 2.27 bits per heavy atom. The van der Waals surface area contributed by atoms with Gasteiger partial charge in [0.05, 0.1) is 0 Å². The Labute approximate surface area is 158 Å². The SMILES string of the molecule is CN(Cc1ccc(OCC(=O)O)cc1)C(=O)CCCc1ccc(Cl)cc1. The van der Waals surface area contributed by atoms with E-state index in [1.165, 1.54) is 5.56 Å². The minimum atomic E-state index is -1.02. The van der Waals surface area contributed by atoms with Crippen molar-refractivity contribution in [3.8, 4) is 5.75 Å². The molecule has 0 heterocycles. The zero-order valence-corrected chi connectivity index (χ0v) is 15.4. The number of aryl methyl sites for hydroxylation is 1. The number of carboxylic acid groups (broad SMARTS) is 1. The molecule has 1 N–H and O–H groups in total. The van der Waals surface area contributed by atoms with E-state index in [4.69, 9.17) is 21.4 Å². The molecule has 0 bridgehead atoms. The molecular formula is C20H22ClNO4. The molecule has 0 spiro atoms. The molecule has 0 aliphatic heterocycles. The molecule has 0 aromatic heterocycles. The van der Waals surface area contributed by atoms with Crippen molar-refractivity contribution in [2.45, 2.75) is 25.8 Å². The second-order valence-electron chi connectivity index (χ2n) is 6.06. The molecule has 0 saturated carbocycles. The van der Waals surface area contributed by atoms with E-state index >= 15 is 0 Å². The Morgan fingerprint density at radius 2 is 1.65 bits per heavy atom. The first-order valence-electron chi connectivity index (χ1n) is 8.36. The average Bonchev–Trinajstić information content (AvgIpc) is 2.62. The van der Waals surface area contributed by atoms with Gasteiger partial charge in [0.2, 0.25) is 5.91 Å². The van der Waals surface area contributed by atoms with Crippen LogP contribution in [0.5, 0.6) is 5.75 Å². The molecule has 2 aromatic carbocycles. The molecule has 2 rings (SSSR count). The smallest absolute Gasteiger partial charge is 0.341 e. The summed E-state index contributed by atoms with van der Waals surface area (Å²) in [5, 5.41) is 9.30. The van der Waals surface area contributed by atoms with Crippen LogP contribution in [0.2, 0.25) is 5.02 Å². The standard InChI is InChI=1S/C20H22ClNO4/c1-22(13-16-7-11-18(12-8-16)26-14-20(24)25)19(23)4-2-3-15-5-9-17(21)10-6-15/h5-12H,2-4,13-14H2,1H3,(H,24,25). The largest absolute Gasteiger partial charge is 0.482 e. The molecule has 0 radical (unpaired) electrons. The molecule has 138 valence electrons. The number of amides is 1. The molecule has 0 aliphatic rings. The van der Waals surface area contributed by atoms with Crippen molar-refractivity contribution < 1.29 is 19.4 Å². The number of nitrogens with zero attached hydrogens (tertiary/aromatic N) is 1. The van der Waals surface area contributed by atoms with Crippen molar-refractivity contribution in [3.05, 3.63) is 64.7 Å². The van der Waals surface area contributed by atoms with E-state index in [0.717, 1.165) is 18.4 Å². The van der Waals surface area contributed by atoms with E-state index in [1.54, 1.807) is 24.1 Å². The van der Waals surface area contributed by atoms with Gasteiger partial charge in [-0.2, -0.15) is 0 Å². The predicted molar refractivity (Wildman–Crippen MR) is 100 cm³/mol. The fourth-order valence-corrected chi connectivity index (χ4v) is 2.61. The number of aliphatic carboxylic acids is 1. The van der Waals surface area contributed by atoms with Gasteiger partial charge in [-0.3, -0.25) is 4.79 Å². The quantitative estimate of drug-likeness (QED) is 0.724. The number of rotatable bonds is 9. The van der Waals surface area contributed by atoms with Crippen molar-refractivity contribution in [3.63, 3.8) is 0 Å². The Balaban J connectivity index is 1.75.